The third-order valence-corrected chi connectivity index (χ3v) is 2.91. The van der Waals surface area contributed by atoms with Crippen LogP contribution in [-0.4, -0.2) is 38.5 Å². The van der Waals surface area contributed by atoms with E-state index < -0.39 is 11.7 Å². The Balaban J connectivity index is 3.05. The van der Waals surface area contributed by atoms with E-state index in [1.54, 1.807) is 4.90 Å². The molecule has 1 rings (SSSR count). The third kappa shape index (κ3) is 4.36. The second-order valence-corrected chi connectivity index (χ2v) is 4.25. The number of rotatable bonds is 7. The van der Waals surface area contributed by atoms with E-state index in [1.807, 2.05) is 0 Å². The molecule has 3 N–H and O–H groups in total. The highest BCUT2D eigenvalue weighted by Gasteiger charge is 2.33. The van der Waals surface area contributed by atoms with Gasteiger partial charge in [0, 0.05) is 32.4 Å². The van der Waals surface area contributed by atoms with Crippen LogP contribution in [0.2, 0.25) is 0 Å². The number of nitrogens with zero attached hydrogens (tertiary/aromatic N) is 1. The number of alkyl halides is 3. The molecule has 0 amide bonds. The van der Waals surface area contributed by atoms with Gasteiger partial charge in [0.15, 0.2) is 0 Å². The molecule has 7 heteroatoms. The topological polar surface area (TPSA) is 58.7 Å². The van der Waals surface area contributed by atoms with E-state index in [2.05, 4.69) is 0 Å². The molecule has 0 spiro atoms. The minimum atomic E-state index is -4.42. The van der Waals surface area contributed by atoms with Gasteiger partial charge in [0.25, 0.3) is 0 Å². The van der Waals surface area contributed by atoms with Gasteiger partial charge in [0.1, 0.15) is 0 Å². The highest BCUT2D eigenvalue weighted by Crippen LogP contribution is 2.33. The molecule has 0 radical (unpaired) electrons. The molecule has 0 aromatic heterocycles. The molecule has 20 heavy (non-hydrogen) atoms. The highest BCUT2D eigenvalue weighted by atomic mass is 19.4. The number of benzene rings is 1. The van der Waals surface area contributed by atoms with Crippen LogP contribution in [0.1, 0.15) is 11.1 Å². The van der Waals surface area contributed by atoms with E-state index in [9.17, 15) is 13.2 Å². The lowest BCUT2D eigenvalue weighted by molar-refractivity contribution is -0.138. The lowest BCUT2D eigenvalue weighted by atomic mass is 10.1. The van der Waals surface area contributed by atoms with Crippen LogP contribution >= 0.6 is 0 Å². The molecule has 0 unspecified atom stereocenters. The van der Waals surface area contributed by atoms with E-state index in [0.29, 0.717) is 25.4 Å². The van der Waals surface area contributed by atoms with Crippen molar-refractivity contribution in [2.75, 3.05) is 38.3 Å². The van der Waals surface area contributed by atoms with Gasteiger partial charge >= 0.3 is 6.18 Å². The Labute approximate surface area is 115 Å². The minimum Gasteiger partial charge on any atom is -0.395 e. The Morgan fingerprint density at radius 2 is 2.00 bits per heavy atom. The first kappa shape index (κ1) is 16.7. The maximum Gasteiger partial charge on any atom is 0.416 e. The number of nitrogens with two attached hydrogens (primary N) is 1. The summed E-state index contributed by atoms with van der Waals surface area (Å²) in [5, 5.41) is 9.02. The van der Waals surface area contributed by atoms with Gasteiger partial charge in [-0.1, -0.05) is 0 Å². The molecule has 0 saturated heterocycles. The number of hydrogen-bond acceptors (Lipinski definition) is 4. The molecule has 114 valence electrons. The largest absolute Gasteiger partial charge is 0.416 e. The molecule has 0 aliphatic rings. The molecule has 0 aliphatic carbocycles. The first-order chi connectivity index (χ1) is 9.43. The van der Waals surface area contributed by atoms with Gasteiger partial charge < -0.3 is 20.5 Å². The van der Waals surface area contributed by atoms with Gasteiger partial charge in [-0.2, -0.15) is 13.2 Å². The van der Waals surface area contributed by atoms with Crippen LogP contribution in [0.3, 0.4) is 0 Å². The summed E-state index contributed by atoms with van der Waals surface area (Å²) in [6.07, 6.45) is -4.42. The zero-order valence-electron chi connectivity index (χ0n) is 11.3. The number of ether oxygens (including phenoxy) is 1. The van der Waals surface area contributed by atoms with Crippen LogP contribution in [0.25, 0.3) is 0 Å². The standard InChI is InChI=1S/C13H19F3N2O2/c1-20-7-5-18(4-6-19)11-2-3-12(13(14,15)16)10(8-11)9-17/h2-3,8,19H,4-7,9,17H2,1H3. The molecule has 1 aromatic carbocycles. The van der Waals surface area contributed by atoms with E-state index in [-0.39, 0.29) is 18.7 Å². The quantitative estimate of drug-likeness (QED) is 0.801. The Bertz CT molecular complexity index is 425. The fraction of sp³-hybridized carbons (Fsp3) is 0.538. The summed E-state index contributed by atoms with van der Waals surface area (Å²) in [5.74, 6) is 0. The maximum absolute atomic E-state index is 12.8. The zero-order chi connectivity index (χ0) is 15.2. The number of halogens is 3. The monoisotopic (exact) mass is 292 g/mol. The third-order valence-electron chi connectivity index (χ3n) is 2.91. The number of aliphatic hydroxyl groups is 1. The van der Waals surface area contributed by atoms with Crippen molar-refractivity contribution in [3.63, 3.8) is 0 Å². The lowest BCUT2D eigenvalue weighted by Crippen LogP contribution is -2.30. The van der Waals surface area contributed by atoms with E-state index in [0.717, 1.165) is 6.07 Å². The average Bonchev–Trinajstić information content (AvgIpc) is 2.41. The zero-order valence-corrected chi connectivity index (χ0v) is 11.3. The molecular weight excluding hydrogens is 273 g/mol. The molecule has 0 bridgehead atoms. The van der Waals surface area contributed by atoms with Gasteiger partial charge in [-0.05, 0) is 23.8 Å². The van der Waals surface area contributed by atoms with Gasteiger partial charge in [-0.25, -0.2) is 0 Å². The summed E-state index contributed by atoms with van der Waals surface area (Å²) >= 11 is 0. The molecular formula is C13H19F3N2O2. The number of hydrogen-bond donors (Lipinski definition) is 2. The van der Waals surface area contributed by atoms with Crippen LogP contribution in [0.5, 0.6) is 0 Å². The van der Waals surface area contributed by atoms with Crippen molar-refractivity contribution in [1.82, 2.24) is 0 Å². The summed E-state index contributed by atoms with van der Waals surface area (Å²) in [6.45, 7) is 0.923. The summed E-state index contributed by atoms with van der Waals surface area (Å²) in [6, 6.07) is 3.82. The summed E-state index contributed by atoms with van der Waals surface area (Å²) in [5.41, 5.74) is 5.30. The summed E-state index contributed by atoms with van der Waals surface area (Å²) in [4.78, 5) is 1.75. The van der Waals surface area contributed by atoms with Crippen molar-refractivity contribution < 1.29 is 23.0 Å². The van der Waals surface area contributed by atoms with Crippen molar-refractivity contribution in [2.24, 2.45) is 5.73 Å². The summed E-state index contributed by atoms with van der Waals surface area (Å²) in [7, 11) is 1.54. The van der Waals surface area contributed by atoms with Crippen molar-refractivity contribution in [3.05, 3.63) is 29.3 Å². The van der Waals surface area contributed by atoms with Crippen molar-refractivity contribution in [3.8, 4) is 0 Å². The fourth-order valence-corrected chi connectivity index (χ4v) is 1.91. The highest BCUT2D eigenvalue weighted by molar-refractivity contribution is 5.51. The molecule has 0 saturated carbocycles. The van der Waals surface area contributed by atoms with Gasteiger partial charge in [0.2, 0.25) is 0 Å². The van der Waals surface area contributed by atoms with Crippen LogP contribution in [-0.2, 0) is 17.5 Å². The molecule has 0 aliphatic heterocycles. The minimum absolute atomic E-state index is 0.0374. The summed E-state index contributed by atoms with van der Waals surface area (Å²) < 4.78 is 43.3. The Hall–Kier alpha value is -1.31. The Morgan fingerprint density at radius 3 is 2.50 bits per heavy atom. The van der Waals surface area contributed by atoms with Gasteiger partial charge in [-0.3, -0.25) is 0 Å². The van der Waals surface area contributed by atoms with Gasteiger partial charge in [0.05, 0.1) is 18.8 Å². The molecule has 0 heterocycles. The Morgan fingerprint density at radius 1 is 1.30 bits per heavy atom. The van der Waals surface area contributed by atoms with Crippen LogP contribution in [0.15, 0.2) is 18.2 Å². The molecule has 4 nitrogen and oxygen atoms in total. The van der Waals surface area contributed by atoms with Crippen molar-refractivity contribution in [1.29, 1.82) is 0 Å². The SMILES string of the molecule is COCCN(CCO)c1ccc(C(F)(F)F)c(CN)c1. The number of methoxy groups -OCH3 is 1. The smallest absolute Gasteiger partial charge is 0.395 e. The second kappa shape index (κ2) is 7.47. The molecule has 0 fully saturated rings. The lowest BCUT2D eigenvalue weighted by Gasteiger charge is -2.25. The number of anilines is 1. The van der Waals surface area contributed by atoms with Crippen LogP contribution in [0.4, 0.5) is 18.9 Å². The van der Waals surface area contributed by atoms with E-state index >= 15 is 0 Å². The average molecular weight is 292 g/mol. The maximum atomic E-state index is 12.8. The van der Waals surface area contributed by atoms with Gasteiger partial charge in [-0.15, -0.1) is 0 Å². The van der Waals surface area contributed by atoms with Crippen molar-refractivity contribution >= 4 is 5.69 Å². The first-order valence-corrected chi connectivity index (χ1v) is 6.19. The second-order valence-electron chi connectivity index (χ2n) is 4.25. The van der Waals surface area contributed by atoms with Crippen LogP contribution < -0.4 is 10.6 Å². The molecule has 1 aromatic rings. The van der Waals surface area contributed by atoms with E-state index in [4.69, 9.17) is 15.6 Å². The van der Waals surface area contributed by atoms with Crippen LogP contribution in [0, 0.1) is 0 Å². The molecule has 0 atom stereocenters. The first-order valence-electron chi connectivity index (χ1n) is 6.19. The number of aliphatic hydroxyl groups excluding tert-OH is 1. The van der Waals surface area contributed by atoms with E-state index in [1.165, 1.54) is 19.2 Å². The Kier molecular flexibility index (Phi) is 6.25. The predicted octanol–water partition coefficient (Wildman–Crippen LogP) is 1.61. The van der Waals surface area contributed by atoms with Crippen molar-refractivity contribution in [2.45, 2.75) is 12.7 Å². The fourth-order valence-electron chi connectivity index (χ4n) is 1.91. The predicted molar refractivity (Wildman–Crippen MR) is 70.5 cm³/mol. The normalized spacial score (nSPS) is 11.7.